The summed E-state index contributed by atoms with van der Waals surface area (Å²) in [4.78, 5) is 22.6. The normalized spacial score (nSPS) is 14.1. The van der Waals surface area contributed by atoms with Crippen molar-refractivity contribution in [3.05, 3.63) is 59.6 Å². The molecule has 0 amide bonds. The topological polar surface area (TPSA) is 104 Å². The van der Waals surface area contributed by atoms with Gasteiger partial charge in [-0.15, -0.1) is 5.10 Å². The fourth-order valence-corrected chi connectivity index (χ4v) is 2.20. The summed E-state index contributed by atoms with van der Waals surface area (Å²) in [6.07, 6.45) is 3.65. The fourth-order valence-electron chi connectivity index (χ4n) is 2.20. The molecule has 1 aliphatic carbocycles. The zero-order valence-corrected chi connectivity index (χ0v) is 13.4. The maximum Gasteiger partial charge on any atom is 0.229 e. The van der Waals surface area contributed by atoms with Crippen molar-refractivity contribution in [2.24, 2.45) is 0 Å². The standard InChI is InChI=1S/C17H15N3O5/c1-24-13-2-4-14(5-3-13)25-10-12-9-20(19-18-12)8-11-6-16(22)17(23)7-15(11)21/h2-7,9,21H,8,10H2,1H3. The molecule has 0 spiro atoms. The number of carbonyl (C=O) groups is 2. The Hall–Kier alpha value is -3.42. The first-order valence-corrected chi connectivity index (χ1v) is 7.41. The number of aliphatic hydroxyl groups is 1. The van der Waals surface area contributed by atoms with Crippen LogP contribution < -0.4 is 9.47 Å². The molecule has 0 unspecified atom stereocenters. The molecular weight excluding hydrogens is 326 g/mol. The van der Waals surface area contributed by atoms with Crippen LogP contribution in [0.5, 0.6) is 11.5 Å². The molecular formula is C17H15N3O5. The van der Waals surface area contributed by atoms with Crippen molar-refractivity contribution in [1.82, 2.24) is 15.0 Å². The van der Waals surface area contributed by atoms with E-state index in [0.29, 0.717) is 17.0 Å². The van der Waals surface area contributed by atoms with Crippen molar-refractivity contribution < 1.29 is 24.2 Å². The highest BCUT2D eigenvalue weighted by Gasteiger charge is 2.20. The Bertz CT molecular complexity index is 865. The molecule has 0 saturated heterocycles. The number of carbonyl (C=O) groups excluding carboxylic acids is 2. The number of ketones is 2. The third kappa shape index (κ3) is 3.92. The number of ether oxygens (including phenoxy) is 2. The van der Waals surface area contributed by atoms with Crippen molar-refractivity contribution in [2.45, 2.75) is 13.2 Å². The first kappa shape index (κ1) is 16.4. The molecule has 0 fully saturated rings. The van der Waals surface area contributed by atoms with Gasteiger partial charge in [0.15, 0.2) is 0 Å². The largest absolute Gasteiger partial charge is 0.507 e. The highest BCUT2D eigenvalue weighted by Crippen LogP contribution is 2.18. The van der Waals surface area contributed by atoms with E-state index >= 15 is 0 Å². The molecule has 8 nitrogen and oxygen atoms in total. The Kier molecular flexibility index (Phi) is 4.60. The monoisotopic (exact) mass is 341 g/mol. The number of nitrogens with zero attached hydrogens (tertiary/aromatic N) is 3. The predicted molar refractivity (Wildman–Crippen MR) is 86.2 cm³/mol. The van der Waals surface area contributed by atoms with Crippen molar-refractivity contribution >= 4 is 11.6 Å². The van der Waals surface area contributed by atoms with Crippen molar-refractivity contribution in [1.29, 1.82) is 0 Å². The molecule has 1 aromatic carbocycles. The van der Waals surface area contributed by atoms with Gasteiger partial charge >= 0.3 is 0 Å². The molecule has 2 aromatic rings. The van der Waals surface area contributed by atoms with Crippen LogP contribution in [-0.2, 0) is 22.7 Å². The van der Waals surface area contributed by atoms with Gasteiger partial charge in [0, 0.05) is 11.6 Å². The lowest BCUT2D eigenvalue weighted by Crippen LogP contribution is -2.17. The van der Waals surface area contributed by atoms with Gasteiger partial charge in [-0.1, -0.05) is 5.21 Å². The highest BCUT2D eigenvalue weighted by molar-refractivity contribution is 6.46. The van der Waals surface area contributed by atoms with Crippen LogP contribution in [-0.4, -0.2) is 38.8 Å². The lowest BCUT2D eigenvalue weighted by molar-refractivity contribution is -0.131. The van der Waals surface area contributed by atoms with Crippen LogP contribution in [0.15, 0.2) is 53.9 Å². The zero-order valence-electron chi connectivity index (χ0n) is 13.4. The number of aromatic nitrogens is 3. The molecule has 1 heterocycles. The molecule has 25 heavy (non-hydrogen) atoms. The molecule has 8 heteroatoms. The number of hydrogen-bond donors (Lipinski definition) is 1. The van der Waals surface area contributed by atoms with Crippen LogP contribution in [0.4, 0.5) is 0 Å². The Morgan fingerprint density at radius 3 is 2.48 bits per heavy atom. The second-order valence-electron chi connectivity index (χ2n) is 5.30. The van der Waals surface area contributed by atoms with Gasteiger partial charge in [-0.2, -0.15) is 0 Å². The summed E-state index contributed by atoms with van der Waals surface area (Å²) in [7, 11) is 1.59. The summed E-state index contributed by atoms with van der Waals surface area (Å²) < 4.78 is 12.1. The van der Waals surface area contributed by atoms with Gasteiger partial charge in [-0.25, -0.2) is 4.68 Å². The van der Waals surface area contributed by atoms with Crippen LogP contribution in [0, 0.1) is 0 Å². The Balaban J connectivity index is 1.60. The lowest BCUT2D eigenvalue weighted by atomic mass is 10.0. The molecule has 0 radical (unpaired) electrons. The third-order valence-electron chi connectivity index (χ3n) is 3.51. The molecule has 0 saturated carbocycles. The van der Waals surface area contributed by atoms with Crippen molar-refractivity contribution in [2.75, 3.05) is 7.11 Å². The Morgan fingerprint density at radius 1 is 1.08 bits per heavy atom. The van der Waals surface area contributed by atoms with Crippen molar-refractivity contribution in [3.63, 3.8) is 0 Å². The number of methoxy groups -OCH3 is 1. The minimum absolute atomic E-state index is 0.122. The second-order valence-corrected chi connectivity index (χ2v) is 5.30. The van der Waals surface area contributed by atoms with Gasteiger partial charge in [0.25, 0.3) is 0 Å². The van der Waals surface area contributed by atoms with E-state index in [9.17, 15) is 14.7 Å². The van der Waals surface area contributed by atoms with Gasteiger partial charge in [0.05, 0.1) is 19.9 Å². The average Bonchev–Trinajstić information content (AvgIpc) is 3.06. The van der Waals surface area contributed by atoms with Gasteiger partial charge in [0.2, 0.25) is 11.6 Å². The number of benzene rings is 1. The number of hydrogen-bond acceptors (Lipinski definition) is 7. The highest BCUT2D eigenvalue weighted by atomic mass is 16.5. The van der Waals surface area contributed by atoms with Gasteiger partial charge in [0.1, 0.15) is 29.6 Å². The number of allylic oxidation sites excluding steroid dienone is 3. The van der Waals surface area contributed by atoms with Crippen LogP contribution in [0.2, 0.25) is 0 Å². The van der Waals surface area contributed by atoms with Gasteiger partial charge in [-0.3, -0.25) is 9.59 Å². The van der Waals surface area contributed by atoms with Crippen LogP contribution in [0.25, 0.3) is 0 Å². The van der Waals surface area contributed by atoms with Gasteiger partial charge < -0.3 is 14.6 Å². The predicted octanol–water partition coefficient (Wildman–Crippen LogP) is 1.39. The number of rotatable bonds is 6. The summed E-state index contributed by atoms with van der Waals surface area (Å²) >= 11 is 0. The molecule has 0 aliphatic heterocycles. The van der Waals surface area contributed by atoms with E-state index < -0.39 is 11.6 Å². The summed E-state index contributed by atoms with van der Waals surface area (Å²) in [6, 6.07) is 7.13. The van der Waals surface area contributed by atoms with E-state index in [1.54, 1.807) is 37.6 Å². The Morgan fingerprint density at radius 2 is 1.76 bits per heavy atom. The average molecular weight is 341 g/mol. The van der Waals surface area contributed by atoms with E-state index in [1.807, 2.05) is 0 Å². The maximum atomic E-state index is 11.4. The molecule has 0 atom stereocenters. The second kappa shape index (κ2) is 7.00. The molecule has 0 bridgehead atoms. The number of aliphatic hydroxyl groups excluding tert-OH is 1. The van der Waals surface area contributed by atoms with Crippen LogP contribution in [0.1, 0.15) is 5.69 Å². The van der Waals surface area contributed by atoms with E-state index in [4.69, 9.17) is 9.47 Å². The summed E-state index contributed by atoms with van der Waals surface area (Å²) in [5, 5.41) is 17.6. The maximum absolute atomic E-state index is 11.4. The Labute approximate surface area is 143 Å². The smallest absolute Gasteiger partial charge is 0.229 e. The minimum Gasteiger partial charge on any atom is -0.507 e. The van der Waals surface area contributed by atoms with E-state index in [-0.39, 0.29) is 18.9 Å². The molecule has 128 valence electrons. The van der Waals surface area contributed by atoms with Crippen molar-refractivity contribution in [3.8, 4) is 11.5 Å². The lowest BCUT2D eigenvalue weighted by Gasteiger charge is -2.09. The first-order valence-electron chi connectivity index (χ1n) is 7.41. The van der Waals surface area contributed by atoms with E-state index in [0.717, 1.165) is 17.9 Å². The quantitative estimate of drug-likeness (QED) is 0.625. The minimum atomic E-state index is -0.742. The molecule has 3 rings (SSSR count). The molecule has 1 aromatic heterocycles. The van der Waals surface area contributed by atoms with Gasteiger partial charge in [-0.05, 0) is 30.3 Å². The van der Waals surface area contributed by atoms with Crippen LogP contribution in [0.3, 0.4) is 0 Å². The molecule has 1 N–H and O–H groups in total. The summed E-state index contributed by atoms with van der Waals surface area (Å²) in [5.41, 5.74) is 0.884. The summed E-state index contributed by atoms with van der Waals surface area (Å²) in [5.74, 6) is -0.254. The third-order valence-corrected chi connectivity index (χ3v) is 3.51. The summed E-state index contributed by atoms with van der Waals surface area (Å²) in [6.45, 7) is 0.335. The van der Waals surface area contributed by atoms with E-state index in [1.165, 1.54) is 4.68 Å². The SMILES string of the molecule is COc1ccc(OCc2cn(CC3=CC(=O)C(=O)C=C3O)nn2)cc1. The van der Waals surface area contributed by atoms with Crippen LogP contribution >= 0.6 is 0 Å². The fraction of sp³-hybridized carbons (Fsp3) is 0.176. The van der Waals surface area contributed by atoms with E-state index in [2.05, 4.69) is 10.3 Å². The first-order chi connectivity index (χ1) is 12.0. The molecule has 1 aliphatic rings. The zero-order chi connectivity index (χ0) is 17.8.